The number of benzene rings is 2. The Hall–Kier alpha value is -2.95. The second-order valence-corrected chi connectivity index (χ2v) is 6.13. The molecule has 0 unspecified atom stereocenters. The van der Waals surface area contributed by atoms with E-state index in [-0.39, 0.29) is 11.8 Å². The quantitative estimate of drug-likeness (QED) is 0.787. The fourth-order valence-electron chi connectivity index (χ4n) is 2.45. The molecule has 1 N–H and O–H groups in total. The van der Waals surface area contributed by atoms with Gasteiger partial charge in [0.25, 0.3) is 5.89 Å². The summed E-state index contributed by atoms with van der Waals surface area (Å²) in [6.07, 6.45) is 1.99. The molecule has 0 radical (unpaired) electrons. The third-order valence-corrected chi connectivity index (χ3v) is 4.08. The maximum atomic E-state index is 11.8. The van der Waals surface area contributed by atoms with E-state index in [0.29, 0.717) is 11.7 Å². The number of aryl methyl sites for hydroxylation is 1. The monoisotopic (exact) mass is 319 g/mol. The van der Waals surface area contributed by atoms with Crippen molar-refractivity contribution in [3.05, 3.63) is 54.1 Å². The van der Waals surface area contributed by atoms with Gasteiger partial charge in [-0.3, -0.25) is 4.79 Å². The SMILES string of the molecule is Cc1ccc(-c2noc(-c3ccc(NC(=O)C4CC4)cc3)n2)cc1. The number of hydrogen-bond donors (Lipinski definition) is 1. The van der Waals surface area contributed by atoms with Crippen LogP contribution in [0.1, 0.15) is 18.4 Å². The molecule has 0 atom stereocenters. The number of carbonyl (C=O) groups excluding carboxylic acids is 1. The molecule has 0 saturated heterocycles. The van der Waals surface area contributed by atoms with Crippen LogP contribution < -0.4 is 5.32 Å². The Kier molecular flexibility index (Phi) is 3.61. The molecule has 1 heterocycles. The molecule has 1 aliphatic carbocycles. The largest absolute Gasteiger partial charge is 0.334 e. The van der Waals surface area contributed by atoms with Gasteiger partial charge in [-0.2, -0.15) is 4.98 Å². The summed E-state index contributed by atoms with van der Waals surface area (Å²) in [7, 11) is 0. The average molecular weight is 319 g/mol. The highest BCUT2D eigenvalue weighted by Gasteiger charge is 2.29. The number of rotatable bonds is 4. The first kappa shape index (κ1) is 14.6. The summed E-state index contributed by atoms with van der Waals surface area (Å²) in [5.41, 5.74) is 3.72. The van der Waals surface area contributed by atoms with Gasteiger partial charge in [-0.1, -0.05) is 35.0 Å². The number of anilines is 1. The summed E-state index contributed by atoms with van der Waals surface area (Å²) < 4.78 is 5.36. The van der Waals surface area contributed by atoms with Crippen LogP contribution in [0, 0.1) is 12.8 Å². The molecule has 3 aromatic rings. The van der Waals surface area contributed by atoms with Crippen molar-refractivity contribution in [3.63, 3.8) is 0 Å². The van der Waals surface area contributed by atoms with Crippen molar-refractivity contribution in [2.75, 3.05) is 5.32 Å². The highest BCUT2D eigenvalue weighted by Crippen LogP contribution is 2.30. The van der Waals surface area contributed by atoms with Gasteiger partial charge in [-0.05, 0) is 44.0 Å². The summed E-state index contributed by atoms with van der Waals surface area (Å²) in [5, 5.41) is 6.95. The molecular formula is C19H17N3O2. The van der Waals surface area contributed by atoms with E-state index < -0.39 is 0 Å². The van der Waals surface area contributed by atoms with Crippen LogP contribution in [0.5, 0.6) is 0 Å². The van der Waals surface area contributed by atoms with Gasteiger partial charge in [0.15, 0.2) is 0 Å². The lowest BCUT2D eigenvalue weighted by Gasteiger charge is -2.04. The zero-order chi connectivity index (χ0) is 16.5. The van der Waals surface area contributed by atoms with E-state index in [1.54, 1.807) is 0 Å². The van der Waals surface area contributed by atoms with Crippen molar-refractivity contribution < 1.29 is 9.32 Å². The molecule has 1 fully saturated rings. The molecule has 24 heavy (non-hydrogen) atoms. The van der Waals surface area contributed by atoms with Crippen LogP contribution >= 0.6 is 0 Å². The van der Waals surface area contributed by atoms with Crippen LogP contribution in [0.15, 0.2) is 53.1 Å². The van der Waals surface area contributed by atoms with Crippen molar-refractivity contribution in [1.82, 2.24) is 10.1 Å². The second kappa shape index (κ2) is 5.92. The van der Waals surface area contributed by atoms with E-state index >= 15 is 0 Å². The summed E-state index contributed by atoms with van der Waals surface area (Å²) in [5.74, 6) is 1.32. The third kappa shape index (κ3) is 3.06. The number of aromatic nitrogens is 2. The number of hydrogen-bond acceptors (Lipinski definition) is 4. The van der Waals surface area contributed by atoms with Crippen molar-refractivity contribution in [1.29, 1.82) is 0 Å². The summed E-state index contributed by atoms with van der Waals surface area (Å²) in [6.45, 7) is 2.04. The van der Waals surface area contributed by atoms with Gasteiger partial charge < -0.3 is 9.84 Å². The molecule has 0 aliphatic heterocycles. The lowest BCUT2D eigenvalue weighted by molar-refractivity contribution is -0.117. The molecule has 5 heteroatoms. The Morgan fingerprint density at radius 2 is 1.71 bits per heavy atom. The minimum atomic E-state index is 0.0993. The standard InChI is InChI=1S/C19H17N3O2/c1-12-2-4-13(5-3-12)17-21-19(24-22-17)15-8-10-16(11-9-15)20-18(23)14-6-7-14/h2-5,8-11,14H,6-7H2,1H3,(H,20,23). The van der Waals surface area contributed by atoms with Crippen LogP contribution in [0.4, 0.5) is 5.69 Å². The van der Waals surface area contributed by atoms with E-state index in [2.05, 4.69) is 15.5 Å². The van der Waals surface area contributed by atoms with Gasteiger partial charge in [-0.25, -0.2) is 0 Å². The Morgan fingerprint density at radius 1 is 1.04 bits per heavy atom. The van der Waals surface area contributed by atoms with E-state index in [0.717, 1.165) is 29.7 Å². The van der Waals surface area contributed by atoms with Gasteiger partial charge in [-0.15, -0.1) is 0 Å². The Balaban J connectivity index is 1.51. The summed E-state index contributed by atoms with van der Waals surface area (Å²) in [4.78, 5) is 16.2. The van der Waals surface area contributed by atoms with E-state index in [1.807, 2.05) is 55.5 Å². The third-order valence-electron chi connectivity index (χ3n) is 4.08. The zero-order valence-electron chi connectivity index (χ0n) is 13.3. The van der Waals surface area contributed by atoms with Crippen molar-refractivity contribution in [2.45, 2.75) is 19.8 Å². The van der Waals surface area contributed by atoms with E-state index in [1.165, 1.54) is 5.56 Å². The zero-order valence-corrected chi connectivity index (χ0v) is 13.3. The van der Waals surface area contributed by atoms with Gasteiger partial charge in [0.1, 0.15) is 0 Å². The summed E-state index contributed by atoms with van der Waals surface area (Å²) in [6, 6.07) is 15.4. The van der Waals surface area contributed by atoms with Gasteiger partial charge in [0.2, 0.25) is 11.7 Å². The molecule has 2 aromatic carbocycles. The number of carbonyl (C=O) groups is 1. The van der Waals surface area contributed by atoms with Crippen molar-refractivity contribution >= 4 is 11.6 Å². The Labute approximate surface area is 139 Å². The van der Waals surface area contributed by atoms with E-state index in [4.69, 9.17) is 4.52 Å². The molecule has 4 rings (SSSR count). The first-order valence-electron chi connectivity index (χ1n) is 8.01. The van der Waals surface area contributed by atoms with Crippen LogP contribution in [0.2, 0.25) is 0 Å². The molecule has 120 valence electrons. The maximum Gasteiger partial charge on any atom is 0.258 e. The minimum absolute atomic E-state index is 0.0993. The van der Waals surface area contributed by atoms with Gasteiger partial charge >= 0.3 is 0 Å². The first-order valence-corrected chi connectivity index (χ1v) is 8.01. The van der Waals surface area contributed by atoms with Crippen LogP contribution in [-0.4, -0.2) is 16.0 Å². The number of nitrogens with zero attached hydrogens (tertiary/aromatic N) is 2. The normalized spacial score (nSPS) is 13.7. The molecule has 0 spiro atoms. The maximum absolute atomic E-state index is 11.8. The van der Waals surface area contributed by atoms with E-state index in [9.17, 15) is 4.79 Å². The van der Waals surface area contributed by atoms with Crippen molar-refractivity contribution in [3.8, 4) is 22.8 Å². The average Bonchev–Trinajstić information content (AvgIpc) is 3.34. The lowest BCUT2D eigenvalue weighted by Crippen LogP contribution is -2.12. The minimum Gasteiger partial charge on any atom is -0.334 e. The smallest absolute Gasteiger partial charge is 0.258 e. The highest BCUT2D eigenvalue weighted by atomic mass is 16.5. The molecule has 1 aliphatic rings. The lowest BCUT2D eigenvalue weighted by atomic mass is 10.1. The summed E-state index contributed by atoms with van der Waals surface area (Å²) >= 11 is 0. The molecule has 0 bridgehead atoms. The molecule has 1 amide bonds. The fraction of sp³-hybridized carbons (Fsp3) is 0.211. The number of nitrogens with one attached hydrogen (secondary N) is 1. The van der Waals surface area contributed by atoms with Gasteiger partial charge in [0, 0.05) is 22.7 Å². The molecular weight excluding hydrogens is 302 g/mol. The topological polar surface area (TPSA) is 68.0 Å². The predicted octanol–water partition coefficient (Wildman–Crippen LogP) is 4.06. The molecule has 5 nitrogen and oxygen atoms in total. The fourth-order valence-corrected chi connectivity index (χ4v) is 2.45. The molecule has 1 saturated carbocycles. The van der Waals surface area contributed by atoms with Crippen LogP contribution in [0.3, 0.4) is 0 Å². The number of amides is 1. The van der Waals surface area contributed by atoms with Crippen molar-refractivity contribution in [2.24, 2.45) is 5.92 Å². The second-order valence-electron chi connectivity index (χ2n) is 6.13. The predicted molar refractivity (Wildman–Crippen MR) is 91.3 cm³/mol. The Bertz CT molecular complexity index is 862. The van der Waals surface area contributed by atoms with Crippen LogP contribution in [0.25, 0.3) is 22.8 Å². The van der Waals surface area contributed by atoms with Crippen LogP contribution in [-0.2, 0) is 4.79 Å². The highest BCUT2D eigenvalue weighted by molar-refractivity contribution is 5.94. The molecule has 1 aromatic heterocycles. The van der Waals surface area contributed by atoms with Gasteiger partial charge in [0.05, 0.1) is 0 Å². The Morgan fingerprint density at radius 3 is 2.38 bits per heavy atom. The first-order chi connectivity index (χ1) is 11.7.